The van der Waals surface area contributed by atoms with E-state index in [0.29, 0.717) is 0 Å². The first-order valence-electron chi connectivity index (χ1n) is 7.22. The average Bonchev–Trinajstić information content (AvgIpc) is 2.55. The van der Waals surface area contributed by atoms with Crippen LogP contribution < -0.4 is 9.64 Å². The summed E-state index contributed by atoms with van der Waals surface area (Å²) in [5.74, 6) is 1.17. The largest absolute Gasteiger partial charge is 0.508 e. The quantitative estimate of drug-likeness (QED) is 0.783. The fourth-order valence-corrected chi connectivity index (χ4v) is 2.57. The predicted molar refractivity (Wildman–Crippen MR) is 90.7 cm³/mol. The van der Waals surface area contributed by atoms with E-state index in [1.807, 2.05) is 31.3 Å². The van der Waals surface area contributed by atoms with E-state index in [2.05, 4.69) is 29.2 Å². The molecule has 22 heavy (non-hydrogen) atoms. The van der Waals surface area contributed by atoms with Crippen molar-refractivity contribution in [1.82, 2.24) is 0 Å². The Kier molecular flexibility index (Phi) is 3.88. The van der Waals surface area contributed by atoms with Crippen LogP contribution >= 0.6 is 0 Å². The zero-order valence-electron chi connectivity index (χ0n) is 12.8. The van der Waals surface area contributed by atoms with E-state index >= 15 is 0 Å². The first-order chi connectivity index (χ1) is 10.7. The van der Waals surface area contributed by atoms with Crippen LogP contribution in [0, 0.1) is 0 Å². The molecule has 0 aromatic heterocycles. The van der Waals surface area contributed by atoms with Gasteiger partial charge in [0.15, 0.2) is 0 Å². The Balaban J connectivity index is 1.82. The molecule has 0 spiro atoms. The van der Waals surface area contributed by atoms with Gasteiger partial charge in [0.05, 0.1) is 7.11 Å². The third-order valence-electron chi connectivity index (χ3n) is 3.82. The topological polar surface area (TPSA) is 32.7 Å². The van der Waals surface area contributed by atoms with Crippen LogP contribution in [0.2, 0.25) is 0 Å². The first-order valence-corrected chi connectivity index (χ1v) is 7.22. The van der Waals surface area contributed by atoms with Crippen molar-refractivity contribution < 1.29 is 9.84 Å². The molecule has 0 fully saturated rings. The van der Waals surface area contributed by atoms with Gasteiger partial charge in [-0.15, -0.1) is 0 Å². The number of hydrogen-bond acceptors (Lipinski definition) is 3. The Hall–Kier alpha value is -2.68. The molecule has 0 atom stereocenters. The summed E-state index contributed by atoms with van der Waals surface area (Å²) in [6.07, 6.45) is 0. The van der Waals surface area contributed by atoms with Crippen molar-refractivity contribution in [3.8, 4) is 11.5 Å². The highest BCUT2D eigenvalue weighted by molar-refractivity contribution is 5.84. The minimum Gasteiger partial charge on any atom is -0.508 e. The van der Waals surface area contributed by atoms with E-state index < -0.39 is 0 Å². The molecule has 0 heterocycles. The van der Waals surface area contributed by atoms with Gasteiger partial charge in [0.25, 0.3) is 0 Å². The molecule has 0 unspecified atom stereocenters. The van der Waals surface area contributed by atoms with Crippen LogP contribution in [0.25, 0.3) is 10.8 Å². The summed E-state index contributed by atoms with van der Waals surface area (Å²) in [7, 11) is 3.73. The fraction of sp³-hybridized carbons (Fsp3) is 0.158. The van der Waals surface area contributed by atoms with Crippen molar-refractivity contribution in [3.05, 3.63) is 66.2 Å². The smallest absolute Gasteiger partial charge is 0.119 e. The average molecular weight is 293 g/mol. The Labute approximate surface area is 130 Å². The monoisotopic (exact) mass is 293 g/mol. The zero-order valence-corrected chi connectivity index (χ0v) is 12.8. The summed E-state index contributed by atoms with van der Waals surface area (Å²) in [5.41, 5.74) is 2.32. The number of nitrogens with zero attached hydrogens (tertiary/aromatic N) is 1. The third kappa shape index (κ3) is 2.98. The molecule has 3 aromatic carbocycles. The van der Waals surface area contributed by atoms with Gasteiger partial charge in [0, 0.05) is 19.3 Å². The van der Waals surface area contributed by atoms with E-state index in [0.717, 1.165) is 18.0 Å². The van der Waals surface area contributed by atoms with Crippen molar-refractivity contribution in [2.45, 2.75) is 6.54 Å². The summed E-state index contributed by atoms with van der Waals surface area (Å²) in [4.78, 5) is 2.16. The molecule has 0 bridgehead atoms. The number of benzene rings is 3. The van der Waals surface area contributed by atoms with Crippen LogP contribution in [-0.2, 0) is 6.54 Å². The van der Waals surface area contributed by atoms with Gasteiger partial charge in [-0.25, -0.2) is 0 Å². The highest BCUT2D eigenvalue weighted by atomic mass is 16.5. The number of hydrogen-bond donors (Lipinski definition) is 1. The molecule has 3 rings (SSSR count). The molecule has 0 saturated carbocycles. The van der Waals surface area contributed by atoms with Gasteiger partial charge in [0.2, 0.25) is 0 Å². The lowest BCUT2D eigenvalue weighted by molar-refractivity contribution is 0.415. The number of methoxy groups -OCH3 is 1. The summed E-state index contributed by atoms with van der Waals surface area (Å²) in [6, 6.07) is 19.8. The number of anilines is 1. The number of fused-ring (bicyclic) bond motifs is 1. The standard InChI is InChI=1S/C19H19NO2/c1-20(17-6-8-18(21)9-7-17)13-14-3-4-16-12-19(22-2)10-5-15(16)11-14/h3-12,21H,13H2,1-2H3. The Morgan fingerprint density at radius 1 is 0.909 bits per heavy atom. The number of phenolic OH excluding ortho intramolecular Hbond substituents is 1. The van der Waals surface area contributed by atoms with Crippen LogP contribution in [-0.4, -0.2) is 19.3 Å². The Bertz CT molecular complexity index is 781. The zero-order chi connectivity index (χ0) is 15.5. The second kappa shape index (κ2) is 5.98. The number of phenols is 1. The van der Waals surface area contributed by atoms with E-state index in [4.69, 9.17) is 4.74 Å². The van der Waals surface area contributed by atoms with Crippen molar-refractivity contribution in [2.75, 3.05) is 19.1 Å². The molecule has 112 valence electrons. The number of aromatic hydroxyl groups is 1. The molecular weight excluding hydrogens is 274 g/mol. The van der Waals surface area contributed by atoms with E-state index in [9.17, 15) is 5.11 Å². The highest BCUT2D eigenvalue weighted by Crippen LogP contribution is 2.24. The molecule has 3 nitrogen and oxygen atoms in total. The van der Waals surface area contributed by atoms with E-state index in [1.165, 1.54) is 16.3 Å². The van der Waals surface area contributed by atoms with Gasteiger partial charge in [-0.3, -0.25) is 0 Å². The van der Waals surface area contributed by atoms with Crippen LogP contribution in [0.5, 0.6) is 11.5 Å². The van der Waals surface area contributed by atoms with E-state index in [-0.39, 0.29) is 5.75 Å². The lowest BCUT2D eigenvalue weighted by Gasteiger charge is -2.19. The maximum Gasteiger partial charge on any atom is 0.119 e. The van der Waals surface area contributed by atoms with Gasteiger partial charge < -0.3 is 14.7 Å². The molecule has 3 heteroatoms. The van der Waals surface area contributed by atoms with Crippen LogP contribution in [0.4, 0.5) is 5.69 Å². The molecule has 0 amide bonds. The van der Waals surface area contributed by atoms with Crippen LogP contribution in [0.3, 0.4) is 0 Å². The van der Waals surface area contributed by atoms with Gasteiger partial charge in [-0.1, -0.05) is 18.2 Å². The number of rotatable bonds is 4. The van der Waals surface area contributed by atoms with Gasteiger partial charge in [-0.2, -0.15) is 0 Å². The van der Waals surface area contributed by atoms with Gasteiger partial charge in [0.1, 0.15) is 11.5 Å². The first kappa shape index (κ1) is 14.3. The molecule has 0 saturated heterocycles. The molecule has 0 aliphatic heterocycles. The van der Waals surface area contributed by atoms with Crippen molar-refractivity contribution in [2.24, 2.45) is 0 Å². The van der Waals surface area contributed by atoms with Crippen molar-refractivity contribution in [3.63, 3.8) is 0 Å². The maximum atomic E-state index is 9.36. The highest BCUT2D eigenvalue weighted by Gasteiger charge is 2.04. The van der Waals surface area contributed by atoms with Crippen molar-refractivity contribution in [1.29, 1.82) is 0 Å². The molecule has 0 aliphatic rings. The Morgan fingerprint density at radius 3 is 2.32 bits per heavy atom. The Morgan fingerprint density at radius 2 is 1.59 bits per heavy atom. The summed E-state index contributed by atoms with van der Waals surface area (Å²) < 4.78 is 5.26. The molecule has 1 N–H and O–H groups in total. The molecular formula is C19H19NO2. The number of ether oxygens (including phenoxy) is 1. The SMILES string of the molecule is COc1ccc2cc(CN(C)c3ccc(O)cc3)ccc2c1. The predicted octanol–water partition coefficient (Wildman–Crippen LogP) is 4.19. The summed E-state index contributed by atoms with van der Waals surface area (Å²) in [6.45, 7) is 0.812. The van der Waals surface area contributed by atoms with Gasteiger partial charge in [-0.05, 0) is 58.8 Å². The second-order valence-electron chi connectivity index (χ2n) is 5.42. The van der Waals surface area contributed by atoms with Crippen LogP contribution in [0.15, 0.2) is 60.7 Å². The lowest BCUT2D eigenvalue weighted by atomic mass is 10.1. The third-order valence-corrected chi connectivity index (χ3v) is 3.82. The van der Waals surface area contributed by atoms with Crippen molar-refractivity contribution >= 4 is 16.5 Å². The summed E-state index contributed by atoms with van der Waals surface area (Å²) >= 11 is 0. The normalized spacial score (nSPS) is 10.6. The molecule has 0 radical (unpaired) electrons. The molecule has 0 aliphatic carbocycles. The molecule has 3 aromatic rings. The van der Waals surface area contributed by atoms with Gasteiger partial charge >= 0.3 is 0 Å². The fourth-order valence-electron chi connectivity index (χ4n) is 2.57. The van der Waals surface area contributed by atoms with E-state index in [1.54, 1.807) is 19.2 Å². The second-order valence-corrected chi connectivity index (χ2v) is 5.42. The van der Waals surface area contributed by atoms with Crippen LogP contribution in [0.1, 0.15) is 5.56 Å². The lowest BCUT2D eigenvalue weighted by Crippen LogP contribution is -2.16. The minimum absolute atomic E-state index is 0.289. The maximum absolute atomic E-state index is 9.36. The summed E-state index contributed by atoms with van der Waals surface area (Å²) in [5, 5.41) is 11.7. The minimum atomic E-state index is 0.289.